The summed E-state index contributed by atoms with van der Waals surface area (Å²) < 4.78 is 1.54. The van der Waals surface area contributed by atoms with Crippen LogP contribution in [0.5, 0.6) is 0 Å². The molecular weight excluding hydrogens is 413 g/mol. The van der Waals surface area contributed by atoms with Gasteiger partial charge in [-0.25, -0.2) is 8.75 Å². The lowest BCUT2D eigenvalue weighted by atomic mass is 10.2. The molecule has 26 heavy (non-hydrogen) atoms. The van der Waals surface area contributed by atoms with Crippen molar-refractivity contribution in [2.45, 2.75) is 18.2 Å². The number of anilines is 1. The number of aryl methyl sites for hydroxylation is 1. The molecule has 1 N–H and O–H groups in total. The third-order valence-corrected chi connectivity index (χ3v) is 6.23. The normalized spacial score (nSPS) is 16.4. The topological polar surface area (TPSA) is 64.0 Å². The van der Waals surface area contributed by atoms with Gasteiger partial charge in [-0.15, -0.1) is 0 Å². The Morgan fingerprint density at radius 2 is 2.12 bits per heavy atom. The molecule has 1 aromatic carbocycles. The van der Waals surface area contributed by atoms with E-state index < -0.39 is 0 Å². The standard InChI is InChI=1S/C17H15Cl2N3O2S2/c18-12-3-1-11(2-4-12)15(23)20-16-21-17(24)22(26-16)9-10-25-14-7-5-13(19)6-8-14/h1-7,14H,8-10H2,(H,20,21,23,24). The second kappa shape index (κ2) is 8.90. The van der Waals surface area contributed by atoms with Crippen LogP contribution in [-0.4, -0.2) is 25.9 Å². The van der Waals surface area contributed by atoms with Crippen molar-refractivity contribution in [1.82, 2.24) is 8.94 Å². The van der Waals surface area contributed by atoms with Crippen LogP contribution in [0.1, 0.15) is 16.8 Å². The van der Waals surface area contributed by atoms with E-state index >= 15 is 0 Å². The van der Waals surface area contributed by atoms with Gasteiger partial charge in [0, 0.05) is 33.2 Å². The Morgan fingerprint density at radius 3 is 2.81 bits per heavy atom. The third-order valence-electron chi connectivity index (χ3n) is 3.58. The van der Waals surface area contributed by atoms with E-state index in [4.69, 9.17) is 23.2 Å². The SMILES string of the molecule is O=C(Nc1nc(=O)n(CCSC2C=CC(Cl)=CC2)s1)c1ccc(Cl)cc1. The number of halogens is 2. The summed E-state index contributed by atoms with van der Waals surface area (Å²) in [7, 11) is 0. The first-order valence-electron chi connectivity index (χ1n) is 7.82. The fourth-order valence-corrected chi connectivity index (χ4v) is 4.44. The predicted octanol–water partition coefficient (Wildman–Crippen LogP) is 4.39. The lowest BCUT2D eigenvalue weighted by molar-refractivity contribution is 0.102. The van der Waals surface area contributed by atoms with Crippen molar-refractivity contribution < 1.29 is 4.79 Å². The Labute approximate surface area is 168 Å². The highest BCUT2D eigenvalue weighted by Gasteiger charge is 2.13. The van der Waals surface area contributed by atoms with Crippen molar-refractivity contribution in [3.8, 4) is 0 Å². The first kappa shape index (κ1) is 19.2. The molecule has 1 aliphatic rings. The zero-order chi connectivity index (χ0) is 18.5. The Bertz CT molecular complexity index is 903. The van der Waals surface area contributed by atoms with E-state index in [1.807, 2.05) is 12.2 Å². The Hall–Kier alpha value is -1.54. The van der Waals surface area contributed by atoms with Gasteiger partial charge in [-0.2, -0.15) is 16.7 Å². The van der Waals surface area contributed by atoms with Crippen molar-refractivity contribution >= 4 is 57.5 Å². The summed E-state index contributed by atoms with van der Waals surface area (Å²) in [6.45, 7) is 0.541. The molecule has 9 heteroatoms. The molecule has 1 atom stereocenters. The fourth-order valence-electron chi connectivity index (χ4n) is 2.25. The van der Waals surface area contributed by atoms with E-state index in [-0.39, 0.29) is 16.7 Å². The molecule has 0 saturated heterocycles. The molecule has 1 aliphatic carbocycles. The summed E-state index contributed by atoms with van der Waals surface area (Å²) in [6.07, 6.45) is 6.84. The summed E-state index contributed by atoms with van der Waals surface area (Å²) in [4.78, 5) is 28.0. The van der Waals surface area contributed by atoms with Crippen molar-refractivity contribution in [3.05, 3.63) is 68.6 Å². The van der Waals surface area contributed by atoms with Gasteiger partial charge in [0.15, 0.2) is 0 Å². The average Bonchev–Trinajstić information content (AvgIpc) is 2.96. The number of thioether (sulfide) groups is 1. The summed E-state index contributed by atoms with van der Waals surface area (Å²) in [6, 6.07) is 6.51. The maximum atomic E-state index is 12.2. The second-order valence-electron chi connectivity index (χ2n) is 5.45. The van der Waals surface area contributed by atoms with E-state index in [1.54, 1.807) is 40.0 Å². The molecule has 0 spiro atoms. The van der Waals surface area contributed by atoms with Crippen LogP contribution in [0.4, 0.5) is 5.13 Å². The Balaban J connectivity index is 1.53. The van der Waals surface area contributed by atoms with Gasteiger partial charge in [0.2, 0.25) is 5.13 Å². The number of aromatic nitrogens is 2. The van der Waals surface area contributed by atoms with Gasteiger partial charge >= 0.3 is 5.69 Å². The number of benzene rings is 1. The minimum absolute atomic E-state index is 0.284. The molecular formula is C17H15Cl2N3O2S2. The number of carbonyl (C=O) groups is 1. The lowest BCUT2D eigenvalue weighted by Crippen LogP contribution is -2.17. The van der Waals surface area contributed by atoms with Crippen molar-refractivity contribution in [2.24, 2.45) is 0 Å². The molecule has 1 amide bonds. The van der Waals surface area contributed by atoms with E-state index in [1.165, 1.54) is 0 Å². The highest BCUT2D eigenvalue weighted by molar-refractivity contribution is 8.00. The molecule has 2 aromatic rings. The largest absolute Gasteiger partial charge is 0.359 e. The molecule has 1 unspecified atom stereocenters. The van der Waals surface area contributed by atoms with Crippen LogP contribution in [0.2, 0.25) is 5.02 Å². The van der Waals surface area contributed by atoms with E-state index in [2.05, 4.69) is 16.4 Å². The monoisotopic (exact) mass is 427 g/mol. The fraction of sp³-hybridized carbons (Fsp3) is 0.235. The van der Waals surface area contributed by atoms with Gasteiger partial charge in [0.25, 0.3) is 5.91 Å². The van der Waals surface area contributed by atoms with Gasteiger partial charge in [-0.05, 0) is 48.3 Å². The van der Waals surface area contributed by atoms with Crippen LogP contribution < -0.4 is 11.0 Å². The van der Waals surface area contributed by atoms with Crippen LogP contribution in [0.25, 0.3) is 0 Å². The number of rotatable bonds is 6. The summed E-state index contributed by atoms with van der Waals surface area (Å²) >= 11 is 14.6. The quantitative estimate of drug-likeness (QED) is 0.741. The second-order valence-corrected chi connectivity index (χ2v) is 8.68. The highest BCUT2D eigenvalue weighted by atomic mass is 35.5. The van der Waals surface area contributed by atoms with Crippen molar-refractivity contribution in [2.75, 3.05) is 11.1 Å². The molecule has 136 valence electrons. The summed E-state index contributed by atoms with van der Waals surface area (Å²) in [5.74, 6) is 0.445. The molecule has 1 heterocycles. The molecule has 1 aromatic heterocycles. The zero-order valence-corrected chi connectivity index (χ0v) is 16.7. The minimum atomic E-state index is -0.357. The number of nitrogens with zero attached hydrogens (tertiary/aromatic N) is 2. The first-order valence-corrected chi connectivity index (χ1v) is 10.4. The molecule has 0 aliphatic heterocycles. The van der Waals surface area contributed by atoms with Gasteiger partial charge in [0.1, 0.15) is 0 Å². The van der Waals surface area contributed by atoms with E-state index in [9.17, 15) is 9.59 Å². The predicted molar refractivity (Wildman–Crippen MR) is 110 cm³/mol. The van der Waals surface area contributed by atoms with Gasteiger partial charge in [0.05, 0.1) is 0 Å². The minimum Gasteiger partial charge on any atom is -0.297 e. The lowest BCUT2D eigenvalue weighted by Gasteiger charge is -2.13. The smallest absolute Gasteiger partial charge is 0.297 e. The highest BCUT2D eigenvalue weighted by Crippen LogP contribution is 2.24. The van der Waals surface area contributed by atoms with Gasteiger partial charge in [-0.1, -0.05) is 35.4 Å². The number of allylic oxidation sites excluding steroid dienone is 3. The van der Waals surface area contributed by atoms with Crippen molar-refractivity contribution in [3.63, 3.8) is 0 Å². The van der Waals surface area contributed by atoms with Crippen LogP contribution in [0.3, 0.4) is 0 Å². The summed E-state index contributed by atoms with van der Waals surface area (Å²) in [5, 5.41) is 4.62. The van der Waals surface area contributed by atoms with Crippen molar-refractivity contribution in [1.29, 1.82) is 0 Å². The maximum absolute atomic E-state index is 12.2. The molecule has 0 radical (unpaired) electrons. The number of carbonyl (C=O) groups excluding carboxylic acids is 1. The van der Waals surface area contributed by atoms with Crippen LogP contribution in [0, 0.1) is 0 Å². The van der Waals surface area contributed by atoms with E-state index in [0.717, 1.165) is 28.7 Å². The number of amides is 1. The van der Waals surface area contributed by atoms with Crippen LogP contribution in [-0.2, 0) is 6.54 Å². The molecule has 5 nitrogen and oxygen atoms in total. The molecule has 3 rings (SSSR count). The van der Waals surface area contributed by atoms with Gasteiger partial charge in [-0.3, -0.25) is 10.1 Å². The Morgan fingerprint density at radius 1 is 1.35 bits per heavy atom. The third kappa shape index (κ3) is 5.23. The number of hydrogen-bond acceptors (Lipinski definition) is 5. The molecule has 0 fully saturated rings. The number of nitrogens with one attached hydrogen (secondary N) is 1. The Kier molecular flexibility index (Phi) is 6.58. The maximum Gasteiger partial charge on any atom is 0.359 e. The molecule has 0 saturated carbocycles. The first-order chi connectivity index (χ1) is 12.5. The van der Waals surface area contributed by atoms with Crippen LogP contribution in [0.15, 0.2) is 52.3 Å². The van der Waals surface area contributed by atoms with Gasteiger partial charge < -0.3 is 0 Å². The summed E-state index contributed by atoms with van der Waals surface area (Å²) in [5.41, 5.74) is 0.0964. The average molecular weight is 428 g/mol. The molecule has 0 bridgehead atoms. The van der Waals surface area contributed by atoms with Crippen LogP contribution >= 0.6 is 46.5 Å². The van der Waals surface area contributed by atoms with E-state index in [0.29, 0.717) is 22.4 Å². The number of hydrogen-bond donors (Lipinski definition) is 1. The zero-order valence-electron chi connectivity index (χ0n) is 13.5.